The summed E-state index contributed by atoms with van der Waals surface area (Å²) in [4.78, 5) is 13.9. The first kappa shape index (κ1) is 14.6. The highest BCUT2D eigenvalue weighted by Gasteiger charge is 2.40. The van der Waals surface area contributed by atoms with Crippen molar-refractivity contribution in [1.82, 2.24) is 4.90 Å². The summed E-state index contributed by atoms with van der Waals surface area (Å²) in [7, 11) is -3.40. The van der Waals surface area contributed by atoms with Crippen molar-refractivity contribution in [2.24, 2.45) is 0 Å². The fraction of sp³-hybridized carbons (Fsp3) is 0.214. The number of likely N-dealkylation sites (tertiary alicyclic amines) is 1. The SMILES string of the molecule is O=C(c1ccsc1)N1CC(S(=O)(=O)c2ccc(Cl)cc2)C1. The molecule has 0 saturated carbocycles. The van der Waals surface area contributed by atoms with E-state index in [9.17, 15) is 13.2 Å². The number of hydrogen-bond donors (Lipinski definition) is 0. The molecule has 1 aromatic heterocycles. The van der Waals surface area contributed by atoms with Crippen LogP contribution >= 0.6 is 22.9 Å². The largest absolute Gasteiger partial charge is 0.336 e. The van der Waals surface area contributed by atoms with Gasteiger partial charge in [-0.2, -0.15) is 11.3 Å². The number of carbonyl (C=O) groups is 1. The number of halogens is 1. The zero-order chi connectivity index (χ0) is 15.0. The molecule has 110 valence electrons. The van der Waals surface area contributed by atoms with Crippen molar-refractivity contribution in [3.63, 3.8) is 0 Å². The number of carbonyl (C=O) groups excluding carboxylic acids is 1. The Labute approximate surface area is 131 Å². The van der Waals surface area contributed by atoms with Crippen molar-refractivity contribution < 1.29 is 13.2 Å². The average Bonchev–Trinajstić information content (AvgIpc) is 2.90. The molecule has 0 spiro atoms. The highest BCUT2D eigenvalue weighted by atomic mass is 35.5. The molecule has 0 bridgehead atoms. The third-order valence-corrected chi connectivity index (χ3v) is 6.52. The molecule has 1 aromatic carbocycles. The van der Waals surface area contributed by atoms with Crippen molar-refractivity contribution in [2.45, 2.75) is 10.1 Å². The number of sulfone groups is 1. The summed E-state index contributed by atoms with van der Waals surface area (Å²) in [6.07, 6.45) is 0. The zero-order valence-corrected chi connectivity index (χ0v) is 13.3. The van der Waals surface area contributed by atoms with Gasteiger partial charge in [0.05, 0.1) is 10.5 Å². The molecule has 2 aromatic rings. The molecule has 3 rings (SSSR count). The molecule has 0 aliphatic carbocycles. The minimum atomic E-state index is -3.40. The van der Waals surface area contributed by atoms with Crippen molar-refractivity contribution in [1.29, 1.82) is 0 Å². The van der Waals surface area contributed by atoms with Crippen LogP contribution < -0.4 is 0 Å². The molecular formula is C14H12ClNO3S2. The van der Waals surface area contributed by atoms with E-state index in [-0.39, 0.29) is 23.9 Å². The second kappa shape index (κ2) is 5.44. The molecule has 0 N–H and O–H groups in total. The Hall–Kier alpha value is -1.37. The van der Waals surface area contributed by atoms with Gasteiger partial charge in [0, 0.05) is 23.5 Å². The Bertz CT molecular complexity index is 748. The van der Waals surface area contributed by atoms with Gasteiger partial charge in [0.2, 0.25) is 0 Å². The predicted molar refractivity (Wildman–Crippen MR) is 82.6 cm³/mol. The lowest BCUT2D eigenvalue weighted by molar-refractivity contribution is 0.0659. The van der Waals surface area contributed by atoms with Crippen LogP contribution in [0.2, 0.25) is 5.02 Å². The van der Waals surface area contributed by atoms with Crippen molar-refractivity contribution >= 4 is 38.7 Å². The maximum atomic E-state index is 12.4. The molecular weight excluding hydrogens is 330 g/mol. The van der Waals surface area contributed by atoms with Gasteiger partial charge in [-0.15, -0.1) is 0 Å². The molecule has 0 unspecified atom stereocenters. The standard InChI is InChI=1S/C14H12ClNO3S2/c15-11-1-3-12(4-2-11)21(18,19)13-7-16(8-13)14(17)10-5-6-20-9-10/h1-6,9,13H,7-8H2. The fourth-order valence-corrected chi connectivity index (χ4v) is 4.59. The number of thiophene rings is 1. The highest BCUT2D eigenvalue weighted by molar-refractivity contribution is 7.92. The van der Waals surface area contributed by atoms with Gasteiger partial charge < -0.3 is 4.90 Å². The Kier molecular flexibility index (Phi) is 3.77. The third-order valence-electron chi connectivity index (χ3n) is 3.48. The van der Waals surface area contributed by atoms with E-state index >= 15 is 0 Å². The molecule has 4 nitrogen and oxygen atoms in total. The van der Waals surface area contributed by atoms with Crippen LogP contribution in [0.25, 0.3) is 0 Å². The topological polar surface area (TPSA) is 54.5 Å². The van der Waals surface area contributed by atoms with Gasteiger partial charge >= 0.3 is 0 Å². The first-order valence-electron chi connectivity index (χ1n) is 6.29. The van der Waals surface area contributed by atoms with E-state index in [0.29, 0.717) is 10.6 Å². The predicted octanol–water partition coefficient (Wildman–Crippen LogP) is 2.70. The molecule has 1 saturated heterocycles. The minimum Gasteiger partial charge on any atom is -0.336 e. The number of nitrogens with zero attached hydrogens (tertiary/aromatic N) is 1. The minimum absolute atomic E-state index is 0.112. The van der Waals surface area contributed by atoms with Gasteiger partial charge in [-0.05, 0) is 35.7 Å². The van der Waals surface area contributed by atoms with Crippen molar-refractivity contribution in [3.05, 3.63) is 51.7 Å². The number of amides is 1. The lowest BCUT2D eigenvalue weighted by Gasteiger charge is -2.38. The van der Waals surface area contributed by atoms with E-state index in [4.69, 9.17) is 11.6 Å². The lowest BCUT2D eigenvalue weighted by atomic mass is 10.2. The molecule has 1 aliphatic rings. The van der Waals surface area contributed by atoms with Crippen LogP contribution in [0.5, 0.6) is 0 Å². The first-order chi connectivity index (χ1) is 9.98. The Balaban J connectivity index is 1.71. The van der Waals surface area contributed by atoms with E-state index in [1.807, 2.05) is 5.38 Å². The molecule has 7 heteroatoms. The Morgan fingerprint density at radius 3 is 2.43 bits per heavy atom. The fourth-order valence-electron chi connectivity index (χ4n) is 2.19. The maximum Gasteiger partial charge on any atom is 0.254 e. The highest BCUT2D eigenvalue weighted by Crippen LogP contribution is 2.26. The van der Waals surface area contributed by atoms with Crippen LogP contribution in [0, 0.1) is 0 Å². The summed E-state index contributed by atoms with van der Waals surface area (Å²) in [5.41, 5.74) is 0.613. The van der Waals surface area contributed by atoms with E-state index in [2.05, 4.69) is 0 Å². The van der Waals surface area contributed by atoms with Gasteiger partial charge in [-0.3, -0.25) is 4.79 Å². The van der Waals surface area contributed by atoms with Gasteiger partial charge in [-0.1, -0.05) is 11.6 Å². The molecule has 0 atom stereocenters. The van der Waals surface area contributed by atoms with Crippen LogP contribution in [0.4, 0.5) is 0 Å². The molecule has 2 heterocycles. The van der Waals surface area contributed by atoms with Crippen LogP contribution in [-0.4, -0.2) is 37.6 Å². The lowest BCUT2D eigenvalue weighted by Crippen LogP contribution is -2.56. The quantitative estimate of drug-likeness (QED) is 0.862. The molecule has 1 fully saturated rings. The van der Waals surface area contributed by atoms with Crippen molar-refractivity contribution in [2.75, 3.05) is 13.1 Å². The summed E-state index contributed by atoms with van der Waals surface area (Å²) in [5.74, 6) is -0.112. The number of rotatable bonds is 3. The smallest absolute Gasteiger partial charge is 0.254 e. The number of benzene rings is 1. The van der Waals surface area contributed by atoms with E-state index < -0.39 is 15.1 Å². The second-order valence-electron chi connectivity index (χ2n) is 4.84. The van der Waals surface area contributed by atoms with Crippen LogP contribution in [0.3, 0.4) is 0 Å². The Morgan fingerprint density at radius 2 is 1.86 bits per heavy atom. The monoisotopic (exact) mass is 341 g/mol. The maximum absolute atomic E-state index is 12.4. The third kappa shape index (κ3) is 2.71. The second-order valence-corrected chi connectivity index (χ2v) is 8.29. The summed E-state index contributed by atoms with van der Waals surface area (Å²) in [5, 5.41) is 3.55. The summed E-state index contributed by atoms with van der Waals surface area (Å²) >= 11 is 7.21. The van der Waals surface area contributed by atoms with Gasteiger partial charge in [0.1, 0.15) is 5.25 Å². The zero-order valence-electron chi connectivity index (χ0n) is 10.9. The molecule has 21 heavy (non-hydrogen) atoms. The van der Waals surface area contributed by atoms with Crippen LogP contribution in [0.1, 0.15) is 10.4 Å². The molecule has 1 amide bonds. The number of hydrogen-bond acceptors (Lipinski definition) is 4. The van der Waals surface area contributed by atoms with E-state index in [0.717, 1.165) is 0 Å². The summed E-state index contributed by atoms with van der Waals surface area (Å²) < 4.78 is 24.8. The van der Waals surface area contributed by atoms with Gasteiger partial charge in [-0.25, -0.2) is 8.42 Å². The van der Waals surface area contributed by atoms with E-state index in [1.54, 1.807) is 28.5 Å². The normalized spacial score (nSPS) is 15.8. The van der Waals surface area contributed by atoms with E-state index in [1.165, 1.54) is 23.5 Å². The van der Waals surface area contributed by atoms with Gasteiger partial charge in [0.25, 0.3) is 5.91 Å². The Morgan fingerprint density at radius 1 is 1.19 bits per heavy atom. The summed E-state index contributed by atoms with van der Waals surface area (Å²) in [6.45, 7) is 0.472. The first-order valence-corrected chi connectivity index (χ1v) is 9.16. The average molecular weight is 342 g/mol. The van der Waals surface area contributed by atoms with Crippen molar-refractivity contribution in [3.8, 4) is 0 Å². The van der Waals surface area contributed by atoms with Crippen LogP contribution in [0.15, 0.2) is 46.0 Å². The summed E-state index contributed by atoms with van der Waals surface area (Å²) in [6, 6.07) is 7.86. The molecule has 0 radical (unpaired) electrons. The molecule has 1 aliphatic heterocycles. The van der Waals surface area contributed by atoms with Crippen LogP contribution in [-0.2, 0) is 9.84 Å². The van der Waals surface area contributed by atoms with Gasteiger partial charge in [0.15, 0.2) is 9.84 Å².